The first-order valence-electron chi connectivity index (χ1n) is 7.43. The van der Waals surface area contributed by atoms with E-state index in [2.05, 4.69) is 21.2 Å². The van der Waals surface area contributed by atoms with Gasteiger partial charge in [0.25, 0.3) is 5.91 Å². The highest BCUT2D eigenvalue weighted by molar-refractivity contribution is 9.10. The van der Waals surface area contributed by atoms with E-state index in [1.54, 1.807) is 12.1 Å². The minimum atomic E-state index is -0.822. The summed E-state index contributed by atoms with van der Waals surface area (Å²) in [6, 6.07) is 15.7. The maximum atomic E-state index is 12.5. The number of hydrogen-bond donors (Lipinski definition) is 2. The van der Waals surface area contributed by atoms with Crippen LogP contribution >= 0.6 is 15.9 Å². The molecule has 2 aromatic carbocycles. The average molecular weight is 391 g/mol. The van der Waals surface area contributed by atoms with Crippen molar-refractivity contribution in [3.8, 4) is 0 Å². The molecule has 0 aliphatic carbocycles. The molecule has 6 heteroatoms. The molecule has 2 rings (SSSR count). The molecule has 0 unspecified atom stereocenters. The van der Waals surface area contributed by atoms with Crippen LogP contribution in [0.1, 0.15) is 17.2 Å². The number of carbonyl (C=O) groups is 2. The quantitative estimate of drug-likeness (QED) is 0.760. The second-order valence-electron chi connectivity index (χ2n) is 5.29. The first-order valence-corrected chi connectivity index (χ1v) is 8.23. The monoisotopic (exact) mass is 390 g/mol. The van der Waals surface area contributed by atoms with Crippen molar-refractivity contribution in [3.63, 3.8) is 0 Å². The van der Waals surface area contributed by atoms with Crippen molar-refractivity contribution in [2.24, 2.45) is 5.73 Å². The zero-order valence-corrected chi connectivity index (χ0v) is 14.8. The van der Waals surface area contributed by atoms with E-state index in [-0.39, 0.29) is 0 Å². The van der Waals surface area contributed by atoms with E-state index in [0.29, 0.717) is 12.0 Å². The van der Waals surface area contributed by atoms with Crippen LogP contribution in [0, 0.1) is 0 Å². The number of nitrogens with one attached hydrogen (secondary N) is 1. The predicted molar refractivity (Wildman–Crippen MR) is 95.2 cm³/mol. The number of methoxy groups -OCH3 is 1. The molecule has 0 bridgehead atoms. The van der Waals surface area contributed by atoms with Crippen molar-refractivity contribution in [1.82, 2.24) is 5.32 Å². The Morgan fingerprint density at radius 2 is 1.75 bits per heavy atom. The van der Waals surface area contributed by atoms with Gasteiger partial charge in [-0.15, -0.1) is 0 Å². The first kappa shape index (κ1) is 18.2. The van der Waals surface area contributed by atoms with E-state index in [0.717, 1.165) is 10.0 Å². The maximum absolute atomic E-state index is 12.5. The van der Waals surface area contributed by atoms with Gasteiger partial charge in [-0.2, -0.15) is 0 Å². The Labute approximate surface area is 149 Å². The Balaban J connectivity index is 2.13. The second kappa shape index (κ2) is 8.61. The average Bonchev–Trinajstić information content (AvgIpc) is 2.57. The normalized spacial score (nSPS) is 13.1. The molecule has 0 spiro atoms. The van der Waals surface area contributed by atoms with Gasteiger partial charge in [0.1, 0.15) is 6.04 Å². The minimum absolute atomic E-state index is 0.299. The molecular formula is C18H19BrN2O3. The van der Waals surface area contributed by atoms with Crippen molar-refractivity contribution < 1.29 is 14.3 Å². The first-order chi connectivity index (χ1) is 11.5. The topological polar surface area (TPSA) is 81.4 Å². The van der Waals surface area contributed by atoms with Crippen LogP contribution in [0.25, 0.3) is 0 Å². The zero-order chi connectivity index (χ0) is 17.5. The fraction of sp³-hybridized carbons (Fsp3) is 0.222. The van der Waals surface area contributed by atoms with Gasteiger partial charge in [0.15, 0.2) is 6.10 Å². The summed E-state index contributed by atoms with van der Waals surface area (Å²) in [5.41, 5.74) is 7.05. The summed E-state index contributed by atoms with van der Waals surface area (Å²) in [6.07, 6.45) is -0.500. The Morgan fingerprint density at radius 1 is 1.12 bits per heavy atom. The molecule has 0 fully saturated rings. The van der Waals surface area contributed by atoms with E-state index >= 15 is 0 Å². The SMILES string of the molecule is CO[C@@H](C(=O)N[C@@H](Cc1ccccc1Br)C(N)=O)c1ccccc1. The highest BCUT2D eigenvalue weighted by Gasteiger charge is 2.25. The Kier molecular flexibility index (Phi) is 6.52. The molecule has 2 atom stereocenters. The van der Waals surface area contributed by atoms with Gasteiger partial charge < -0.3 is 15.8 Å². The molecule has 2 amide bonds. The van der Waals surface area contributed by atoms with Gasteiger partial charge in [0, 0.05) is 18.0 Å². The molecule has 0 heterocycles. The van der Waals surface area contributed by atoms with E-state index in [1.165, 1.54) is 7.11 Å². The molecule has 0 aromatic heterocycles. The summed E-state index contributed by atoms with van der Waals surface area (Å²) in [6.45, 7) is 0. The van der Waals surface area contributed by atoms with Crippen LogP contribution in [0.4, 0.5) is 0 Å². The Hall–Kier alpha value is -2.18. The van der Waals surface area contributed by atoms with Crippen LogP contribution < -0.4 is 11.1 Å². The summed E-state index contributed by atoms with van der Waals surface area (Å²) in [5.74, 6) is -0.999. The highest BCUT2D eigenvalue weighted by Crippen LogP contribution is 2.19. The van der Waals surface area contributed by atoms with Gasteiger partial charge in [-0.25, -0.2) is 0 Å². The van der Waals surface area contributed by atoms with Crippen molar-refractivity contribution in [3.05, 3.63) is 70.2 Å². The number of primary amides is 1. The molecule has 0 radical (unpaired) electrons. The number of halogens is 1. The molecule has 0 saturated heterocycles. The molecule has 3 N–H and O–H groups in total. The van der Waals surface area contributed by atoms with Gasteiger partial charge in [0.2, 0.25) is 5.91 Å². The summed E-state index contributed by atoms with van der Waals surface area (Å²) >= 11 is 3.43. The minimum Gasteiger partial charge on any atom is -0.368 e. The zero-order valence-electron chi connectivity index (χ0n) is 13.2. The summed E-state index contributed by atoms with van der Waals surface area (Å²) in [5, 5.41) is 2.68. The summed E-state index contributed by atoms with van der Waals surface area (Å²) in [4.78, 5) is 24.3. The van der Waals surface area contributed by atoms with Gasteiger partial charge in [-0.1, -0.05) is 64.5 Å². The van der Waals surface area contributed by atoms with Gasteiger partial charge >= 0.3 is 0 Å². The van der Waals surface area contributed by atoms with Crippen LogP contribution in [0.5, 0.6) is 0 Å². The lowest BCUT2D eigenvalue weighted by molar-refractivity contribution is -0.134. The third-order valence-corrected chi connectivity index (χ3v) is 4.39. The maximum Gasteiger partial charge on any atom is 0.254 e. The number of rotatable bonds is 7. The van der Waals surface area contributed by atoms with E-state index in [1.807, 2.05) is 42.5 Å². The van der Waals surface area contributed by atoms with Crippen molar-refractivity contribution in [2.45, 2.75) is 18.6 Å². The summed E-state index contributed by atoms with van der Waals surface area (Å²) in [7, 11) is 1.45. The van der Waals surface area contributed by atoms with Crippen LogP contribution in [-0.2, 0) is 20.7 Å². The highest BCUT2D eigenvalue weighted by atomic mass is 79.9. The molecule has 5 nitrogen and oxygen atoms in total. The fourth-order valence-corrected chi connectivity index (χ4v) is 2.82. The largest absolute Gasteiger partial charge is 0.368 e. The van der Waals surface area contributed by atoms with Gasteiger partial charge in [-0.3, -0.25) is 9.59 Å². The molecule has 126 valence electrons. The molecule has 2 aromatic rings. The number of benzene rings is 2. The van der Waals surface area contributed by atoms with Crippen molar-refractivity contribution in [2.75, 3.05) is 7.11 Å². The molecule has 0 aliphatic rings. The smallest absolute Gasteiger partial charge is 0.254 e. The third-order valence-electron chi connectivity index (χ3n) is 3.62. The second-order valence-corrected chi connectivity index (χ2v) is 6.14. The number of nitrogens with two attached hydrogens (primary N) is 1. The molecule has 0 saturated carbocycles. The number of amides is 2. The van der Waals surface area contributed by atoms with Crippen LogP contribution in [-0.4, -0.2) is 25.0 Å². The number of carbonyl (C=O) groups excluding carboxylic acids is 2. The molecule has 0 aliphatic heterocycles. The van der Waals surface area contributed by atoms with E-state index < -0.39 is 24.0 Å². The Bertz CT molecular complexity index is 706. The van der Waals surface area contributed by atoms with Crippen molar-refractivity contribution in [1.29, 1.82) is 0 Å². The van der Waals surface area contributed by atoms with Crippen LogP contribution in [0.3, 0.4) is 0 Å². The Morgan fingerprint density at radius 3 is 2.33 bits per heavy atom. The van der Waals surface area contributed by atoms with Gasteiger partial charge in [0.05, 0.1) is 0 Å². The predicted octanol–water partition coefficient (Wildman–Crippen LogP) is 2.35. The summed E-state index contributed by atoms with van der Waals surface area (Å²) < 4.78 is 6.14. The lowest BCUT2D eigenvalue weighted by Crippen LogP contribution is -2.47. The fourth-order valence-electron chi connectivity index (χ4n) is 2.38. The van der Waals surface area contributed by atoms with Gasteiger partial charge in [-0.05, 0) is 17.2 Å². The molecular weight excluding hydrogens is 372 g/mol. The third kappa shape index (κ3) is 4.66. The number of hydrogen-bond acceptors (Lipinski definition) is 3. The lowest BCUT2D eigenvalue weighted by atomic mass is 10.0. The van der Waals surface area contributed by atoms with E-state index in [4.69, 9.17) is 10.5 Å². The van der Waals surface area contributed by atoms with Crippen molar-refractivity contribution >= 4 is 27.7 Å². The van der Waals surface area contributed by atoms with Crippen LogP contribution in [0.15, 0.2) is 59.1 Å². The van der Waals surface area contributed by atoms with Crippen LogP contribution in [0.2, 0.25) is 0 Å². The van der Waals surface area contributed by atoms with E-state index in [9.17, 15) is 9.59 Å². The molecule has 24 heavy (non-hydrogen) atoms. The lowest BCUT2D eigenvalue weighted by Gasteiger charge is -2.21. The number of ether oxygens (including phenoxy) is 1. The standard InChI is InChI=1S/C18H19BrN2O3/c1-24-16(12-7-3-2-4-8-12)18(23)21-15(17(20)22)11-13-9-5-6-10-14(13)19/h2-10,15-16H,11H2,1H3,(H2,20,22)(H,21,23)/t15-,16+/m0/s1.